The summed E-state index contributed by atoms with van der Waals surface area (Å²) >= 11 is 6.03. The maximum atomic E-state index is 13.9. The number of aliphatic hydroxyl groups excluding tert-OH is 1. The number of aliphatic hydroxyl groups is 1. The van der Waals surface area contributed by atoms with Gasteiger partial charge in [-0.2, -0.15) is 0 Å². The molecule has 2 aromatic carbocycles. The first-order valence-corrected chi connectivity index (χ1v) is 10.3. The third-order valence-corrected chi connectivity index (χ3v) is 5.15. The number of hydrogen-bond acceptors (Lipinski definition) is 5. The van der Waals surface area contributed by atoms with Gasteiger partial charge in [-0.25, -0.2) is 18.7 Å². The second-order valence-corrected chi connectivity index (χ2v) is 7.74. The molecule has 0 radical (unpaired) electrons. The zero-order valence-corrected chi connectivity index (χ0v) is 17.5. The van der Waals surface area contributed by atoms with Gasteiger partial charge in [0.15, 0.2) is 0 Å². The number of nitrogens with one attached hydrogen (secondary N) is 1. The van der Waals surface area contributed by atoms with Gasteiger partial charge in [-0.1, -0.05) is 17.7 Å². The molecular weight excluding hydrogens is 410 g/mol. The van der Waals surface area contributed by atoms with Crippen LogP contribution < -0.4 is 5.32 Å². The minimum Gasteiger partial charge on any atom is -0.395 e. The van der Waals surface area contributed by atoms with Crippen molar-refractivity contribution in [1.82, 2.24) is 14.9 Å². The van der Waals surface area contributed by atoms with E-state index in [9.17, 15) is 13.9 Å². The summed E-state index contributed by atoms with van der Waals surface area (Å²) < 4.78 is 27.0. The summed E-state index contributed by atoms with van der Waals surface area (Å²) in [4.78, 5) is 10.6. The molecule has 0 spiro atoms. The normalized spacial score (nSPS) is 12.5. The van der Waals surface area contributed by atoms with Crippen LogP contribution in [0.15, 0.2) is 42.7 Å². The maximum Gasteiger partial charge on any atom is 0.137 e. The Bertz CT molecular complexity index is 989. The third-order valence-electron chi connectivity index (χ3n) is 4.92. The SMILES string of the molecule is CC(CCCN(CCO)Cc1ccc(F)cc1F)Nc1ncnc2cc(Cl)ccc12. The molecule has 2 N–H and O–H groups in total. The average Bonchev–Trinajstić information content (AvgIpc) is 2.70. The monoisotopic (exact) mass is 434 g/mol. The molecule has 0 amide bonds. The summed E-state index contributed by atoms with van der Waals surface area (Å²) in [5, 5.41) is 14.3. The Morgan fingerprint density at radius 3 is 2.73 bits per heavy atom. The largest absolute Gasteiger partial charge is 0.395 e. The fourth-order valence-electron chi connectivity index (χ4n) is 3.37. The van der Waals surface area contributed by atoms with Crippen molar-refractivity contribution in [2.45, 2.75) is 32.4 Å². The molecule has 30 heavy (non-hydrogen) atoms. The minimum absolute atomic E-state index is 0.0217. The number of hydrogen-bond donors (Lipinski definition) is 2. The number of halogens is 3. The number of nitrogens with zero attached hydrogens (tertiary/aromatic N) is 3. The lowest BCUT2D eigenvalue weighted by Crippen LogP contribution is -2.29. The van der Waals surface area contributed by atoms with Crippen LogP contribution in [-0.4, -0.2) is 45.7 Å². The molecule has 160 valence electrons. The van der Waals surface area contributed by atoms with Crippen LogP contribution in [0.4, 0.5) is 14.6 Å². The van der Waals surface area contributed by atoms with Crippen LogP contribution in [0.25, 0.3) is 10.9 Å². The fourth-order valence-corrected chi connectivity index (χ4v) is 3.54. The van der Waals surface area contributed by atoms with Gasteiger partial charge in [-0.3, -0.25) is 4.90 Å². The van der Waals surface area contributed by atoms with Gasteiger partial charge in [0.25, 0.3) is 0 Å². The molecule has 8 heteroatoms. The molecule has 0 saturated carbocycles. The van der Waals surface area contributed by atoms with E-state index >= 15 is 0 Å². The van der Waals surface area contributed by atoms with E-state index in [-0.39, 0.29) is 12.6 Å². The zero-order chi connectivity index (χ0) is 21.5. The van der Waals surface area contributed by atoms with Crippen molar-refractivity contribution in [2.75, 3.05) is 25.0 Å². The van der Waals surface area contributed by atoms with Gasteiger partial charge in [0.2, 0.25) is 0 Å². The van der Waals surface area contributed by atoms with Crippen LogP contribution in [0.3, 0.4) is 0 Å². The summed E-state index contributed by atoms with van der Waals surface area (Å²) in [6, 6.07) is 9.24. The molecule has 0 aliphatic heterocycles. The van der Waals surface area contributed by atoms with Crippen molar-refractivity contribution in [3.05, 3.63) is 64.9 Å². The fraction of sp³-hybridized carbons (Fsp3) is 0.364. The van der Waals surface area contributed by atoms with Crippen molar-refractivity contribution >= 4 is 28.3 Å². The summed E-state index contributed by atoms with van der Waals surface area (Å²) in [5.74, 6) is -0.405. The summed E-state index contributed by atoms with van der Waals surface area (Å²) in [6.07, 6.45) is 3.20. The van der Waals surface area contributed by atoms with Crippen molar-refractivity contribution in [2.24, 2.45) is 0 Å². The van der Waals surface area contributed by atoms with Crippen molar-refractivity contribution < 1.29 is 13.9 Å². The number of aromatic nitrogens is 2. The average molecular weight is 435 g/mol. The Kier molecular flexibility index (Phi) is 7.90. The van der Waals surface area contributed by atoms with Gasteiger partial charge in [0.1, 0.15) is 23.8 Å². The highest BCUT2D eigenvalue weighted by molar-refractivity contribution is 6.31. The molecule has 1 aromatic heterocycles. The molecule has 0 aliphatic rings. The second kappa shape index (κ2) is 10.6. The van der Waals surface area contributed by atoms with Crippen LogP contribution in [0.5, 0.6) is 0 Å². The molecule has 1 heterocycles. The molecule has 0 aliphatic carbocycles. The molecular formula is C22H25ClF2N4O. The predicted octanol–water partition coefficient (Wildman–Crippen LogP) is 4.64. The number of benzene rings is 2. The quantitative estimate of drug-likeness (QED) is 0.487. The molecule has 1 atom stereocenters. The van der Waals surface area contributed by atoms with Gasteiger partial charge in [-0.15, -0.1) is 0 Å². The number of fused-ring (bicyclic) bond motifs is 1. The molecule has 5 nitrogen and oxygen atoms in total. The van der Waals surface area contributed by atoms with Gasteiger partial charge in [-0.05, 0) is 50.6 Å². The molecule has 0 bridgehead atoms. The van der Waals surface area contributed by atoms with Crippen molar-refractivity contribution in [1.29, 1.82) is 0 Å². The highest BCUT2D eigenvalue weighted by atomic mass is 35.5. The van der Waals surface area contributed by atoms with E-state index in [1.165, 1.54) is 18.5 Å². The van der Waals surface area contributed by atoms with Gasteiger partial charge < -0.3 is 10.4 Å². The van der Waals surface area contributed by atoms with Crippen molar-refractivity contribution in [3.8, 4) is 0 Å². The Labute approximate surface area is 179 Å². The van der Waals surface area contributed by atoms with Gasteiger partial charge >= 0.3 is 0 Å². The Balaban J connectivity index is 1.55. The summed E-state index contributed by atoms with van der Waals surface area (Å²) in [7, 11) is 0. The van der Waals surface area contributed by atoms with E-state index in [0.29, 0.717) is 30.2 Å². The second-order valence-electron chi connectivity index (χ2n) is 7.31. The minimum atomic E-state index is -0.593. The third kappa shape index (κ3) is 6.08. The van der Waals surface area contributed by atoms with Crippen molar-refractivity contribution in [3.63, 3.8) is 0 Å². The molecule has 3 rings (SSSR count). The maximum absolute atomic E-state index is 13.9. The van der Waals surface area contributed by atoms with E-state index in [1.807, 2.05) is 17.0 Å². The lowest BCUT2D eigenvalue weighted by atomic mass is 10.1. The van der Waals surface area contributed by atoms with E-state index in [1.54, 1.807) is 6.07 Å². The van der Waals surface area contributed by atoms with Gasteiger partial charge in [0.05, 0.1) is 12.1 Å². The van der Waals surface area contributed by atoms with Gasteiger partial charge in [0, 0.05) is 41.2 Å². The predicted molar refractivity (Wildman–Crippen MR) is 116 cm³/mol. The van der Waals surface area contributed by atoms with E-state index in [4.69, 9.17) is 11.6 Å². The Morgan fingerprint density at radius 2 is 1.97 bits per heavy atom. The first kappa shape index (κ1) is 22.3. The highest BCUT2D eigenvalue weighted by Gasteiger charge is 2.12. The smallest absolute Gasteiger partial charge is 0.137 e. The first-order chi connectivity index (χ1) is 14.5. The standard InChI is InChI=1S/C22H25ClF2N4O/c1-15(28-22-19-7-5-17(23)11-21(19)26-14-27-22)3-2-8-29(9-10-30)13-16-4-6-18(24)12-20(16)25/h4-7,11-12,14-15,30H,2-3,8-10,13H2,1H3,(H,26,27,28). The van der Waals surface area contributed by atoms with E-state index in [2.05, 4.69) is 22.2 Å². The number of rotatable bonds is 10. The summed E-state index contributed by atoms with van der Waals surface area (Å²) in [5.41, 5.74) is 1.20. The van der Waals surface area contributed by atoms with E-state index in [0.717, 1.165) is 35.6 Å². The lowest BCUT2D eigenvalue weighted by Gasteiger charge is -2.23. The first-order valence-electron chi connectivity index (χ1n) is 9.90. The topological polar surface area (TPSA) is 61.3 Å². The molecule has 3 aromatic rings. The Morgan fingerprint density at radius 1 is 1.13 bits per heavy atom. The van der Waals surface area contributed by atoms with E-state index < -0.39 is 11.6 Å². The van der Waals surface area contributed by atoms with Crippen LogP contribution >= 0.6 is 11.6 Å². The lowest BCUT2D eigenvalue weighted by molar-refractivity contribution is 0.185. The Hall–Kier alpha value is -2.35. The molecule has 1 unspecified atom stereocenters. The number of anilines is 1. The van der Waals surface area contributed by atoms with Crippen LogP contribution in [0.1, 0.15) is 25.3 Å². The molecule has 0 saturated heterocycles. The van der Waals surface area contributed by atoms with Crippen LogP contribution in [0.2, 0.25) is 5.02 Å². The van der Waals surface area contributed by atoms with Crippen LogP contribution in [-0.2, 0) is 6.54 Å². The molecule has 0 fully saturated rings. The highest BCUT2D eigenvalue weighted by Crippen LogP contribution is 2.23. The summed E-state index contributed by atoms with van der Waals surface area (Å²) in [6.45, 7) is 3.48. The zero-order valence-electron chi connectivity index (χ0n) is 16.8. The van der Waals surface area contributed by atoms with Crippen LogP contribution in [0, 0.1) is 11.6 Å².